The molecule has 1 radical (unpaired) electrons. The molecule has 1 rings (SSSR count). The normalized spacial score (nSPS) is 20.9. The quantitative estimate of drug-likeness (QED) is 0.335. The van der Waals surface area contributed by atoms with Gasteiger partial charge in [-0.25, -0.2) is 0 Å². The Bertz CT molecular complexity index is 178. The first-order valence-corrected chi connectivity index (χ1v) is 10.7. The van der Waals surface area contributed by atoms with E-state index in [1.807, 2.05) is 0 Å². The monoisotopic (exact) mass is 297 g/mol. The second-order valence-electron chi connectivity index (χ2n) is 6.73. The Balaban J connectivity index is 2.08. The van der Waals surface area contributed by atoms with Crippen LogP contribution in [0.3, 0.4) is 0 Å². The van der Waals surface area contributed by atoms with Crippen molar-refractivity contribution >= 4 is 8.58 Å². The molecule has 0 amide bonds. The first kappa shape index (κ1) is 18.5. The Hall–Kier alpha value is 0.430. The van der Waals surface area contributed by atoms with Gasteiger partial charge < -0.3 is 0 Å². The summed E-state index contributed by atoms with van der Waals surface area (Å²) in [7, 11) is 1.79. The summed E-state index contributed by atoms with van der Waals surface area (Å²) in [4.78, 5) is 0. The molecule has 119 valence electrons. The molecular weight excluding hydrogens is 259 g/mol. The lowest BCUT2D eigenvalue weighted by atomic mass is 10.0. The van der Waals surface area contributed by atoms with Crippen LogP contribution in [-0.2, 0) is 0 Å². The largest absolute Gasteiger partial charge is 0.0775 e. The summed E-state index contributed by atoms with van der Waals surface area (Å²) < 4.78 is 0. The molecule has 0 aromatic carbocycles. The summed E-state index contributed by atoms with van der Waals surface area (Å²) in [5.41, 5.74) is 1.04. The van der Waals surface area contributed by atoms with Crippen molar-refractivity contribution in [1.29, 1.82) is 0 Å². The molecule has 0 aromatic rings. The first-order chi connectivity index (χ1) is 9.93. The maximum Gasteiger partial charge on any atom is -0.0170 e. The Labute approximate surface area is 130 Å². The van der Waals surface area contributed by atoms with Gasteiger partial charge in [-0.15, -0.1) is 0 Å². The highest BCUT2D eigenvalue weighted by atomic mass is 31.1. The minimum Gasteiger partial charge on any atom is -0.0775 e. The highest BCUT2D eigenvalue weighted by Gasteiger charge is 2.09. The fraction of sp³-hybridized carbons (Fsp3) is 1.00. The van der Waals surface area contributed by atoms with Crippen LogP contribution in [0, 0.1) is 0 Å². The second kappa shape index (κ2) is 14.4. The van der Waals surface area contributed by atoms with Gasteiger partial charge >= 0.3 is 0 Å². The third-order valence-electron chi connectivity index (χ3n) is 4.72. The van der Waals surface area contributed by atoms with Crippen LogP contribution in [0.1, 0.15) is 110 Å². The number of hydrogen-bond donors (Lipinski definition) is 0. The zero-order chi connectivity index (χ0) is 14.3. The summed E-state index contributed by atoms with van der Waals surface area (Å²) >= 11 is 0. The molecule has 0 atom stereocenters. The van der Waals surface area contributed by atoms with Crippen LogP contribution in [0.4, 0.5) is 0 Å². The van der Waals surface area contributed by atoms with E-state index in [0.717, 1.165) is 5.66 Å². The molecule has 0 spiro atoms. The molecule has 0 bridgehead atoms. The van der Waals surface area contributed by atoms with E-state index in [0.29, 0.717) is 0 Å². The Kier molecular flexibility index (Phi) is 13.3. The average molecular weight is 297 g/mol. The van der Waals surface area contributed by atoms with E-state index >= 15 is 0 Å². The third kappa shape index (κ3) is 11.1. The number of unbranched alkanes of at least 4 members (excludes halogenated alkanes) is 4. The van der Waals surface area contributed by atoms with E-state index in [4.69, 9.17) is 0 Å². The molecule has 0 nitrogen and oxygen atoms in total. The van der Waals surface area contributed by atoms with Gasteiger partial charge in [-0.3, -0.25) is 0 Å². The van der Waals surface area contributed by atoms with Crippen molar-refractivity contribution in [3.63, 3.8) is 0 Å². The van der Waals surface area contributed by atoms with Crippen LogP contribution in [0.25, 0.3) is 0 Å². The average Bonchev–Trinajstić information content (AvgIpc) is 2.45. The lowest BCUT2D eigenvalue weighted by Gasteiger charge is -2.17. The van der Waals surface area contributed by atoms with Crippen LogP contribution in [0.5, 0.6) is 0 Å². The van der Waals surface area contributed by atoms with Gasteiger partial charge in [0.05, 0.1) is 0 Å². The molecule has 20 heavy (non-hydrogen) atoms. The van der Waals surface area contributed by atoms with Gasteiger partial charge in [0.1, 0.15) is 0 Å². The van der Waals surface area contributed by atoms with Crippen LogP contribution in [0.2, 0.25) is 0 Å². The minimum absolute atomic E-state index is 1.04. The molecule has 1 heteroatoms. The van der Waals surface area contributed by atoms with Crippen LogP contribution in [-0.4, -0.2) is 11.8 Å². The van der Waals surface area contributed by atoms with Crippen molar-refractivity contribution in [3.8, 4) is 0 Å². The van der Waals surface area contributed by atoms with Crippen LogP contribution < -0.4 is 0 Å². The fourth-order valence-corrected chi connectivity index (χ4v) is 4.82. The maximum atomic E-state index is 2.31. The van der Waals surface area contributed by atoms with Gasteiger partial charge in [-0.1, -0.05) is 99.0 Å². The van der Waals surface area contributed by atoms with Crippen molar-refractivity contribution in [1.82, 2.24) is 0 Å². The van der Waals surface area contributed by atoms with E-state index in [-0.39, 0.29) is 0 Å². The molecule has 0 saturated heterocycles. The fourth-order valence-electron chi connectivity index (χ4n) is 3.31. The van der Waals surface area contributed by atoms with Crippen LogP contribution in [0.15, 0.2) is 0 Å². The Morgan fingerprint density at radius 3 is 1.70 bits per heavy atom. The van der Waals surface area contributed by atoms with Crippen LogP contribution >= 0.6 is 8.58 Å². The summed E-state index contributed by atoms with van der Waals surface area (Å²) in [5.74, 6) is 0. The topological polar surface area (TPSA) is 0 Å². The highest BCUT2D eigenvalue weighted by molar-refractivity contribution is 7.38. The first-order valence-electron chi connectivity index (χ1n) is 9.60. The minimum atomic E-state index is 1.04. The van der Waals surface area contributed by atoms with Crippen molar-refractivity contribution in [3.05, 3.63) is 0 Å². The molecule has 1 aliphatic rings. The third-order valence-corrected chi connectivity index (χ3v) is 6.33. The Morgan fingerprint density at radius 1 is 0.650 bits per heavy atom. The Morgan fingerprint density at radius 2 is 1.15 bits per heavy atom. The molecule has 0 N–H and O–H groups in total. The van der Waals surface area contributed by atoms with E-state index in [9.17, 15) is 0 Å². The molecule has 0 heterocycles. The van der Waals surface area contributed by atoms with Crippen molar-refractivity contribution in [2.45, 2.75) is 115 Å². The second-order valence-corrected chi connectivity index (χ2v) is 8.28. The van der Waals surface area contributed by atoms with Gasteiger partial charge in [0.2, 0.25) is 0 Å². The van der Waals surface area contributed by atoms with Gasteiger partial charge in [-0.2, -0.15) is 0 Å². The standard InChI is InChI=1S/C19H38P/c1-2-3-4-12-15-18-20-19-16-13-10-8-6-5-7-9-11-14-17-19/h19H,2-18H2,1H3. The lowest BCUT2D eigenvalue weighted by Crippen LogP contribution is -2.03. The van der Waals surface area contributed by atoms with E-state index in [2.05, 4.69) is 6.92 Å². The molecular formula is C19H38P. The van der Waals surface area contributed by atoms with Gasteiger partial charge in [0, 0.05) is 0 Å². The zero-order valence-corrected chi connectivity index (χ0v) is 14.9. The molecule has 1 fully saturated rings. The van der Waals surface area contributed by atoms with Crippen molar-refractivity contribution in [2.24, 2.45) is 0 Å². The summed E-state index contributed by atoms with van der Waals surface area (Å²) in [6.45, 7) is 2.31. The SMILES string of the molecule is CCCCCCC[P]C1CCCCCCCCCCC1. The predicted octanol–water partition coefficient (Wildman–Crippen LogP) is 7.58. The smallest absolute Gasteiger partial charge is 0.0170 e. The van der Waals surface area contributed by atoms with E-state index in [1.54, 1.807) is 8.58 Å². The van der Waals surface area contributed by atoms with Gasteiger partial charge in [-0.05, 0) is 31.1 Å². The molecule has 0 aliphatic heterocycles. The lowest BCUT2D eigenvalue weighted by molar-refractivity contribution is 0.508. The predicted molar refractivity (Wildman–Crippen MR) is 95.1 cm³/mol. The molecule has 0 aromatic heterocycles. The number of rotatable bonds is 7. The summed E-state index contributed by atoms with van der Waals surface area (Å²) in [5, 5.41) is 0. The molecule has 1 aliphatic carbocycles. The maximum absolute atomic E-state index is 2.31. The summed E-state index contributed by atoms with van der Waals surface area (Å²) in [6, 6.07) is 0. The van der Waals surface area contributed by atoms with Gasteiger partial charge in [0.15, 0.2) is 0 Å². The van der Waals surface area contributed by atoms with Crippen molar-refractivity contribution < 1.29 is 0 Å². The molecule has 1 saturated carbocycles. The van der Waals surface area contributed by atoms with Crippen molar-refractivity contribution in [2.75, 3.05) is 6.16 Å². The zero-order valence-electron chi connectivity index (χ0n) is 14.0. The van der Waals surface area contributed by atoms with Gasteiger partial charge in [0.25, 0.3) is 0 Å². The summed E-state index contributed by atoms with van der Waals surface area (Å²) in [6.07, 6.45) is 25.3. The van der Waals surface area contributed by atoms with E-state index in [1.165, 1.54) is 109 Å². The molecule has 0 unspecified atom stereocenters. The number of hydrogen-bond acceptors (Lipinski definition) is 0. The van der Waals surface area contributed by atoms with E-state index < -0.39 is 0 Å². The highest BCUT2D eigenvalue weighted by Crippen LogP contribution is 2.31.